The average molecular weight is 411 g/mol. The molecule has 0 fully saturated rings. The smallest absolute Gasteiger partial charge is 0.255 e. The molecule has 144 valence electrons. The Kier molecular flexibility index (Phi) is 7.33. The standard InChI is InChI=1S/C19H20Cl2N2O4/c1-4-7-27-18-15(21)8-12(9-17(18)26-3)19(25)23-16-6-5-13(10-14(16)20)22-11(2)24/h5-6,8-10H,4,7H2,1-3H3,(H,22,24)(H,23,25). The van der Waals surface area contributed by atoms with Gasteiger partial charge in [-0.05, 0) is 36.8 Å². The van der Waals surface area contributed by atoms with E-state index in [1.807, 2.05) is 6.92 Å². The number of rotatable bonds is 7. The Morgan fingerprint density at radius 3 is 2.41 bits per heavy atom. The summed E-state index contributed by atoms with van der Waals surface area (Å²) in [6.07, 6.45) is 0.814. The molecule has 0 saturated heterocycles. The molecule has 2 amide bonds. The number of nitrogens with one attached hydrogen (secondary N) is 2. The molecule has 27 heavy (non-hydrogen) atoms. The molecular weight excluding hydrogens is 391 g/mol. The lowest BCUT2D eigenvalue weighted by atomic mass is 10.1. The Hall–Kier alpha value is -2.44. The van der Waals surface area contributed by atoms with Gasteiger partial charge >= 0.3 is 0 Å². The maximum absolute atomic E-state index is 12.6. The van der Waals surface area contributed by atoms with Crippen molar-refractivity contribution in [1.29, 1.82) is 0 Å². The van der Waals surface area contributed by atoms with Gasteiger partial charge in [0.2, 0.25) is 5.91 Å². The van der Waals surface area contributed by atoms with Gasteiger partial charge in [0.1, 0.15) is 0 Å². The van der Waals surface area contributed by atoms with Crippen LogP contribution < -0.4 is 20.1 Å². The fraction of sp³-hybridized carbons (Fsp3) is 0.263. The van der Waals surface area contributed by atoms with Gasteiger partial charge in [0.15, 0.2) is 11.5 Å². The number of carbonyl (C=O) groups excluding carboxylic acids is 2. The monoisotopic (exact) mass is 410 g/mol. The number of hydrogen-bond acceptors (Lipinski definition) is 4. The lowest BCUT2D eigenvalue weighted by Crippen LogP contribution is -2.13. The summed E-state index contributed by atoms with van der Waals surface area (Å²) >= 11 is 12.4. The van der Waals surface area contributed by atoms with Gasteiger partial charge in [-0.1, -0.05) is 30.1 Å². The number of benzene rings is 2. The predicted molar refractivity (Wildman–Crippen MR) is 107 cm³/mol. The number of carbonyl (C=O) groups is 2. The van der Waals surface area contributed by atoms with Crippen molar-refractivity contribution >= 4 is 46.4 Å². The van der Waals surface area contributed by atoms with Crippen LogP contribution >= 0.6 is 23.2 Å². The number of hydrogen-bond donors (Lipinski definition) is 2. The molecule has 2 rings (SSSR count). The minimum absolute atomic E-state index is 0.213. The van der Waals surface area contributed by atoms with Crippen molar-refractivity contribution in [3.63, 3.8) is 0 Å². The van der Waals surface area contributed by atoms with Crippen molar-refractivity contribution in [1.82, 2.24) is 0 Å². The summed E-state index contributed by atoms with van der Waals surface area (Å²) in [5, 5.41) is 5.89. The van der Waals surface area contributed by atoms with Crippen LogP contribution in [0.5, 0.6) is 11.5 Å². The number of ether oxygens (including phenoxy) is 2. The van der Waals surface area contributed by atoms with Crippen molar-refractivity contribution in [2.75, 3.05) is 24.4 Å². The molecule has 0 aliphatic rings. The molecule has 0 unspecified atom stereocenters. The van der Waals surface area contributed by atoms with E-state index in [0.29, 0.717) is 35.0 Å². The maximum Gasteiger partial charge on any atom is 0.255 e. The van der Waals surface area contributed by atoms with Crippen molar-refractivity contribution in [3.05, 3.63) is 45.9 Å². The summed E-state index contributed by atoms with van der Waals surface area (Å²) in [4.78, 5) is 23.7. The molecular formula is C19H20Cl2N2O4. The minimum atomic E-state index is -0.411. The SMILES string of the molecule is CCCOc1c(Cl)cc(C(=O)Nc2ccc(NC(C)=O)cc2Cl)cc1OC. The zero-order valence-electron chi connectivity index (χ0n) is 15.2. The Labute approximate surface area is 167 Å². The predicted octanol–water partition coefficient (Wildman–Crippen LogP) is 5.00. The van der Waals surface area contributed by atoms with E-state index >= 15 is 0 Å². The molecule has 2 aromatic carbocycles. The fourth-order valence-electron chi connectivity index (χ4n) is 2.29. The highest BCUT2D eigenvalue weighted by Gasteiger charge is 2.17. The molecule has 6 nitrogen and oxygen atoms in total. The molecule has 0 spiro atoms. The van der Waals surface area contributed by atoms with Crippen LogP contribution in [-0.4, -0.2) is 25.5 Å². The molecule has 0 heterocycles. The quantitative estimate of drug-likeness (QED) is 0.672. The topological polar surface area (TPSA) is 76.7 Å². The van der Waals surface area contributed by atoms with Gasteiger partial charge in [-0.25, -0.2) is 0 Å². The summed E-state index contributed by atoms with van der Waals surface area (Å²) in [6, 6.07) is 7.84. The van der Waals surface area contributed by atoms with Gasteiger partial charge in [0, 0.05) is 18.2 Å². The first-order valence-electron chi connectivity index (χ1n) is 8.24. The van der Waals surface area contributed by atoms with Gasteiger partial charge in [-0.2, -0.15) is 0 Å². The van der Waals surface area contributed by atoms with Crippen LogP contribution in [0.15, 0.2) is 30.3 Å². The number of anilines is 2. The zero-order chi connectivity index (χ0) is 20.0. The molecule has 0 atom stereocenters. The lowest BCUT2D eigenvalue weighted by Gasteiger charge is -2.14. The maximum atomic E-state index is 12.6. The van der Waals surface area contributed by atoms with Crippen LogP contribution in [0.4, 0.5) is 11.4 Å². The van der Waals surface area contributed by atoms with Crippen LogP contribution in [0.1, 0.15) is 30.6 Å². The summed E-state index contributed by atoms with van der Waals surface area (Å²) in [7, 11) is 1.48. The molecule has 0 aromatic heterocycles. The van der Waals surface area contributed by atoms with E-state index in [0.717, 1.165) is 6.42 Å². The summed E-state index contributed by atoms with van der Waals surface area (Å²) in [5.41, 5.74) is 1.23. The normalized spacial score (nSPS) is 10.3. The van der Waals surface area contributed by atoms with Crippen molar-refractivity contribution in [3.8, 4) is 11.5 Å². The zero-order valence-corrected chi connectivity index (χ0v) is 16.7. The average Bonchev–Trinajstić information content (AvgIpc) is 2.61. The summed E-state index contributed by atoms with van der Waals surface area (Å²) < 4.78 is 10.9. The van der Waals surface area contributed by atoms with E-state index in [-0.39, 0.29) is 16.0 Å². The summed E-state index contributed by atoms with van der Waals surface area (Å²) in [6.45, 7) is 3.86. The number of methoxy groups -OCH3 is 1. The first-order valence-corrected chi connectivity index (χ1v) is 9.00. The van der Waals surface area contributed by atoms with Gasteiger partial charge in [0.25, 0.3) is 5.91 Å². The fourth-order valence-corrected chi connectivity index (χ4v) is 2.78. The minimum Gasteiger partial charge on any atom is -0.493 e. The van der Waals surface area contributed by atoms with E-state index in [1.54, 1.807) is 24.3 Å². The molecule has 0 bridgehead atoms. The molecule has 0 radical (unpaired) electrons. The Bertz CT molecular complexity index is 856. The third kappa shape index (κ3) is 5.52. The second-order valence-electron chi connectivity index (χ2n) is 5.67. The Morgan fingerprint density at radius 2 is 1.81 bits per heavy atom. The van der Waals surface area contributed by atoms with E-state index in [9.17, 15) is 9.59 Å². The third-order valence-corrected chi connectivity index (χ3v) is 4.07. The van der Waals surface area contributed by atoms with Gasteiger partial charge in [0.05, 0.1) is 29.4 Å². The second-order valence-corrected chi connectivity index (χ2v) is 6.48. The van der Waals surface area contributed by atoms with Crippen molar-refractivity contribution in [2.24, 2.45) is 0 Å². The van der Waals surface area contributed by atoms with Gasteiger partial charge < -0.3 is 20.1 Å². The lowest BCUT2D eigenvalue weighted by molar-refractivity contribution is -0.114. The van der Waals surface area contributed by atoms with Crippen LogP contribution in [-0.2, 0) is 4.79 Å². The highest BCUT2D eigenvalue weighted by molar-refractivity contribution is 6.34. The van der Waals surface area contributed by atoms with Crippen LogP contribution in [0.3, 0.4) is 0 Å². The third-order valence-electron chi connectivity index (χ3n) is 3.48. The van der Waals surface area contributed by atoms with Gasteiger partial charge in [-0.15, -0.1) is 0 Å². The molecule has 0 aliphatic heterocycles. The van der Waals surface area contributed by atoms with E-state index in [4.69, 9.17) is 32.7 Å². The number of halogens is 2. The highest BCUT2D eigenvalue weighted by Crippen LogP contribution is 2.37. The van der Waals surface area contributed by atoms with Crippen LogP contribution in [0, 0.1) is 0 Å². The second kappa shape index (κ2) is 9.48. The van der Waals surface area contributed by atoms with Crippen LogP contribution in [0.25, 0.3) is 0 Å². The molecule has 0 aliphatic carbocycles. The Morgan fingerprint density at radius 1 is 1.07 bits per heavy atom. The molecule has 8 heteroatoms. The summed E-state index contributed by atoms with van der Waals surface area (Å²) in [5.74, 6) is 0.143. The first-order chi connectivity index (χ1) is 12.8. The molecule has 0 saturated carbocycles. The van der Waals surface area contributed by atoms with E-state index in [2.05, 4.69) is 10.6 Å². The highest BCUT2D eigenvalue weighted by atomic mass is 35.5. The van der Waals surface area contributed by atoms with Crippen LogP contribution in [0.2, 0.25) is 10.0 Å². The van der Waals surface area contributed by atoms with E-state index < -0.39 is 5.91 Å². The largest absolute Gasteiger partial charge is 0.493 e. The first kappa shape index (κ1) is 20.9. The van der Waals surface area contributed by atoms with Gasteiger partial charge in [-0.3, -0.25) is 9.59 Å². The van der Waals surface area contributed by atoms with E-state index in [1.165, 1.54) is 20.1 Å². The number of amides is 2. The van der Waals surface area contributed by atoms with Crippen molar-refractivity contribution in [2.45, 2.75) is 20.3 Å². The Balaban J connectivity index is 2.23. The molecule has 2 aromatic rings. The van der Waals surface area contributed by atoms with Crippen molar-refractivity contribution < 1.29 is 19.1 Å². The molecule has 2 N–H and O–H groups in total.